The molecule has 0 atom stereocenters. The highest BCUT2D eigenvalue weighted by atomic mass is 35.5. The summed E-state index contributed by atoms with van der Waals surface area (Å²) in [5.74, 6) is 0.286. The molecule has 0 amide bonds. The molecule has 0 saturated heterocycles. The Balaban J connectivity index is 2.11. The van der Waals surface area contributed by atoms with Gasteiger partial charge in [0.1, 0.15) is 5.82 Å². The lowest BCUT2D eigenvalue weighted by Gasteiger charge is -2.08. The molecular formula is C14H13ClFNS. The summed E-state index contributed by atoms with van der Waals surface area (Å²) in [5.41, 5.74) is 8.72. The number of nitrogens with two attached hydrogens (primary N) is 1. The maximum atomic E-state index is 13.3. The zero-order valence-electron chi connectivity index (χ0n) is 9.91. The van der Waals surface area contributed by atoms with Gasteiger partial charge in [-0.3, -0.25) is 0 Å². The van der Waals surface area contributed by atoms with Crippen molar-refractivity contribution in [2.24, 2.45) is 0 Å². The normalized spacial score (nSPS) is 10.6. The summed E-state index contributed by atoms with van der Waals surface area (Å²) in [5, 5.41) is 0.152. The first kappa shape index (κ1) is 13.2. The first-order valence-electron chi connectivity index (χ1n) is 5.50. The maximum Gasteiger partial charge on any atom is 0.142 e. The van der Waals surface area contributed by atoms with Crippen LogP contribution in [0.1, 0.15) is 11.1 Å². The fourth-order valence-electron chi connectivity index (χ4n) is 1.57. The molecule has 2 aromatic rings. The third-order valence-corrected chi connectivity index (χ3v) is 4.11. The van der Waals surface area contributed by atoms with Gasteiger partial charge in [0.15, 0.2) is 0 Å². The molecule has 0 aliphatic heterocycles. The summed E-state index contributed by atoms with van der Waals surface area (Å²) < 4.78 is 13.3. The number of thioether (sulfide) groups is 1. The molecule has 2 N–H and O–H groups in total. The van der Waals surface area contributed by atoms with E-state index in [2.05, 4.69) is 0 Å². The van der Waals surface area contributed by atoms with Crippen LogP contribution in [0.2, 0.25) is 5.02 Å². The lowest BCUT2D eigenvalue weighted by atomic mass is 10.2. The maximum absolute atomic E-state index is 13.3. The molecule has 0 fully saturated rings. The SMILES string of the molecule is Cc1cccc(SCc2ccc(Cl)c(F)c2)c1N. The van der Waals surface area contributed by atoms with Crippen molar-refractivity contribution in [1.29, 1.82) is 0 Å². The van der Waals surface area contributed by atoms with Crippen molar-refractivity contribution in [1.82, 2.24) is 0 Å². The molecular weight excluding hydrogens is 269 g/mol. The molecule has 0 aliphatic rings. The summed E-state index contributed by atoms with van der Waals surface area (Å²) in [6.07, 6.45) is 0. The molecule has 0 spiro atoms. The number of hydrogen-bond acceptors (Lipinski definition) is 2. The van der Waals surface area contributed by atoms with Crippen LogP contribution in [0.25, 0.3) is 0 Å². The van der Waals surface area contributed by atoms with E-state index in [9.17, 15) is 4.39 Å². The van der Waals surface area contributed by atoms with Crippen molar-refractivity contribution in [2.75, 3.05) is 5.73 Å². The van der Waals surface area contributed by atoms with E-state index in [0.717, 1.165) is 21.7 Å². The average molecular weight is 282 g/mol. The van der Waals surface area contributed by atoms with Crippen LogP contribution in [0.4, 0.5) is 10.1 Å². The Hall–Kier alpha value is -1.19. The van der Waals surface area contributed by atoms with Gasteiger partial charge in [0.05, 0.1) is 5.02 Å². The first-order chi connectivity index (χ1) is 8.58. The highest BCUT2D eigenvalue weighted by molar-refractivity contribution is 7.98. The largest absolute Gasteiger partial charge is 0.398 e. The molecule has 4 heteroatoms. The Morgan fingerprint density at radius 3 is 2.78 bits per heavy atom. The minimum atomic E-state index is -0.382. The lowest BCUT2D eigenvalue weighted by molar-refractivity contribution is 0.627. The van der Waals surface area contributed by atoms with Crippen LogP contribution in [0.15, 0.2) is 41.3 Å². The number of benzene rings is 2. The van der Waals surface area contributed by atoms with Gasteiger partial charge in [-0.25, -0.2) is 4.39 Å². The molecule has 2 aromatic carbocycles. The number of anilines is 1. The average Bonchev–Trinajstić information content (AvgIpc) is 2.35. The summed E-state index contributed by atoms with van der Waals surface area (Å²) in [6, 6.07) is 10.8. The van der Waals surface area contributed by atoms with E-state index in [1.54, 1.807) is 17.8 Å². The van der Waals surface area contributed by atoms with E-state index >= 15 is 0 Å². The van der Waals surface area contributed by atoms with Crippen molar-refractivity contribution in [3.8, 4) is 0 Å². The van der Waals surface area contributed by atoms with Crippen molar-refractivity contribution in [2.45, 2.75) is 17.6 Å². The topological polar surface area (TPSA) is 26.0 Å². The molecule has 1 nitrogen and oxygen atoms in total. The molecule has 0 aromatic heterocycles. The lowest BCUT2D eigenvalue weighted by Crippen LogP contribution is -1.92. The van der Waals surface area contributed by atoms with E-state index in [4.69, 9.17) is 17.3 Å². The Kier molecular flexibility index (Phi) is 4.15. The third kappa shape index (κ3) is 2.98. The standard InChI is InChI=1S/C14H13ClFNS/c1-9-3-2-4-13(14(9)17)18-8-10-5-6-11(15)12(16)7-10/h2-7H,8,17H2,1H3. The Bertz CT molecular complexity index is 572. The third-order valence-electron chi connectivity index (χ3n) is 2.66. The summed E-state index contributed by atoms with van der Waals surface area (Å²) in [4.78, 5) is 1.02. The van der Waals surface area contributed by atoms with E-state index < -0.39 is 0 Å². The number of para-hydroxylation sites is 1. The van der Waals surface area contributed by atoms with E-state index in [-0.39, 0.29) is 10.8 Å². The van der Waals surface area contributed by atoms with Crippen molar-refractivity contribution in [3.05, 3.63) is 58.4 Å². The van der Waals surface area contributed by atoms with Crippen molar-refractivity contribution < 1.29 is 4.39 Å². The second kappa shape index (κ2) is 5.63. The van der Waals surface area contributed by atoms with Gasteiger partial charge in [-0.2, -0.15) is 0 Å². The summed E-state index contributed by atoms with van der Waals surface area (Å²) in [6.45, 7) is 1.97. The van der Waals surface area contributed by atoms with Crippen LogP contribution >= 0.6 is 23.4 Å². The number of halogens is 2. The Morgan fingerprint density at radius 1 is 1.28 bits per heavy atom. The molecule has 18 heavy (non-hydrogen) atoms. The second-order valence-electron chi connectivity index (χ2n) is 4.02. The van der Waals surface area contributed by atoms with Gasteiger partial charge < -0.3 is 5.73 Å². The van der Waals surface area contributed by atoms with Gasteiger partial charge in [-0.15, -0.1) is 11.8 Å². The highest BCUT2D eigenvalue weighted by Gasteiger charge is 2.05. The van der Waals surface area contributed by atoms with Gasteiger partial charge in [-0.1, -0.05) is 29.8 Å². The minimum Gasteiger partial charge on any atom is -0.398 e. The number of rotatable bonds is 3. The van der Waals surface area contributed by atoms with Crippen LogP contribution in [-0.4, -0.2) is 0 Å². The zero-order valence-corrected chi connectivity index (χ0v) is 11.5. The predicted octanol–water partition coefficient (Wildman–Crippen LogP) is 4.66. The first-order valence-corrected chi connectivity index (χ1v) is 6.86. The van der Waals surface area contributed by atoms with Crippen LogP contribution in [-0.2, 0) is 5.75 Å². The molecule has 0 heterocycles. The monoisotopic (exact) mass is 281 g/mol. The smallest absolute Gasteiger partial charge is 0.142 e. The van der Waals surface area contributed by atoms with E-state index in [0.29, 0.717) is 5.75 Å². The minimum absolute atomic E-state index is 0.152. The molecule has 0 bridgehead atoms. The van der Waals surface area contributed by atoms with Gasteiger partial charge >= 0.3 is 0 Å². The summed E-state index contributed by atoms with van der Waals surface area (Å²) in [7, 11) is 0. The van der Waals surface area contributed by atoms with Crippen LogP contribution in [0.5, 0.6) is 0 Å². The van der Waals surface area contributed by atoms with Crippen LogP contribution in [0, 0.1) is 12.7 Å². The molecule has 94 valence electrons. The Labute approximate surface area is 115 Å². The quantitative estimate of drug-likeness (QED) is 0.654. The molecule has 2 rings (SSSR count). The fraction of sp³-hybridized carbons (Fsp3) is 0.143. The van der Waals surface area contributed by atoms with E-state index in [1.807, 2.05) is 31.2 Å². The van der Waals surface area contributed by atoms with Gasteiger partial charge in [0, 0.05) is 16.3 Å². The molecule has 0 radical (unpaired) electrons. The van der Waals surface area contributed by atoms with Crippen LogP contribution in [0.3, 0.4) is 0 Å². The van der Waals surface area contributed by atoms with Crippen LogP contribution < -0.4 is 5.73 Å². The number of aryl methyl sites for hydroxylation is 1. The summed E-state index contributed by atoms with van der Waals surface area (Å²) >= 11 is 7.24. The fourth-order valence-corrected chi connectivity index (χ4v) is 2.68. The number of hydrogen-bond donors (Lipinski definition) is 1. The molecule has 0 aliphatic carbocycles. The zero-order chi connectivity index (χ0) is 13.1. The number of nitrogen functional groups attached to an aromatic ring is 1. The van der Waals surface area contributed by atoms with Gasteiger partial charge in [0.25, 0.3) is 0 Å². The van der Waals surface area contributed by atoms with Gasteiger partial charge in [0.2, 0.25) is 0 Å². The second-order valence-corrected chi connectivity index (χ2v) is 5.45. The van der Waals surface area contributed by atoms with Gasteiger partial charge in [-0.05, 0) is 36.2 Å². The predicted molar refractivity (Wildman–Crippen MR) is 76.6 cm³/mol. The Morgan fingerprint density at radius 2 is 2.06 bits per heavy atom. The molecule has 0 saturated carbocycles. The van der Waals surface area contributed by atoms with Crippen molar-refractivity contribution in [3.63, 3.8) is 0 Å². The van der Waals surface area contributed by atoms with Crippen molar-refractivity contribution >= 4 is 29.1 Å². The van der Waals surface area contributed by atoms with E-state index in [1.165, 1.54) is 6.07 Å². The molecule has 0 unspecified atom stereocenters. The highest BCUT2D eigenvalue weighted by Crippen LogP contribution is 2.30.